The molecule has 7 nitrogen and oxygen atoms in total. The summed E-state index contributed by atoms with van der Waals surface area (Å²) in [5.74, 6) is -0.316. The number of pyridine rings is 1. The maximum Gasteiger partial charge on any atom is 0.409 e. The maximum atomic E-state index is 13.1. The fourth-order valence-corrected chi connectivity index (χ4v) is 4.67. The monoisotopic (exact) mass is 440 g/mol. The second kappa shape index (κ2) is 9.11. The van der Waals surface area contributed by atoms with Crippen molar-refractivity contribution in [2.45, 2.75) is 38.5 Å². The fraction of sp³-hybridized carbons (Fsp3) is 0.478. The number of halogens is 1. The fourth-order valence-electron chi connectivity index (χ4n) is 4.27. The molecule has 2 heterocycles. The summed E-state index contributed by atoms with van der Waals surface area (Å²) in [5, 5.41) is 10.8. The van der Waals surface area contributed by atoms with Crippen molar-refractivity contribution in [2.24, 2.45) is 0 Å². The van der Waals surface area contributed by atoms with E-state index in [1.807, 2.05) is 13.0 Å². The lowest BCUT2D eigenvalue weighted by atomic mass is 9.85. The van der Waals surface area contributed by atoms with E-state index in [1.54, 1.807) is 21.9 Å². The molecule has 1 aliphatic carbocycles. The molecule has 1 saturated heterocycles. The number of fused-ring (bicyclic) bond motifs is 2. The molecule has 0 spiro atoms. The van der Waals surface area contributed by atoms with Crippen molar-refractivity contribution in [3.63, 3.8) is 0 Å². The van der Waals surface area contributed by atoms with E-state index in [9.17, 15) is 14.9 Å². The molecule has 0 bridgehead atoms. The molecule has 162 valence electrons. The molecule has 2 aliphatic rings. The summed E-state index contributed by atoms with van der Waals surface area (Å²) in [6.45, 7) is 4.18. The SMILES string of the molecule is CCCOC(=O)N1CCN(C(=O)c2ccc3c(Cl)c4c(nc3c2)CCCC4C#N)CC1. The molecular weight excluding hydrogens is 416 g/mol. The van der Waals surface area contributed by atoms with Gasteiger partial charge in [-0.05, 0) is 37.8 Å². The Morgan fingerprint density at radius 1 is 1.26 bits per heavy atom. The van der Waals surface area contributed by atoms with Crippen LogP contribution in [0.15, 0.2) is 18.2 Å². The lowest BCUT2D eigenvalue weighted by Gasteiger charge is -2.34. The molecule has 1 unspecified atom stereocenters. The maximum absolute atomic E-state index is 13.1. The second-order valence-electron chi connectivity index (χ2n) is 7.99. The third kappa shape index (κ3) is 4.17. The number of benzene rings is 1. The number of rotatable bonds is 3. The predicted octanol–water partition coefficient (Wildman–Crippen LogP) is 4.14. The number of piperazine rings is 1. The summed E-state index contributed by atoms with van der Waals surface area (Å²) in [6.07, 6.45) is 2.95. The highest BCUT2D eigenvalue weighted by Crippen LogP contribution is 2.39. The number of amides is 2. The van der Waals surface area contributed by atoms with Crippen LogP contribution in [0.5, 0.6) is 0 Å². The Kier molecular flexibility index (Phi) is 6.28. The van der Waals surface area contributed by atoms with Gasteiger partial charge in [-0.3, -0.25) is 9.78 Å². The van der Waals surface area contributed by atoms with Gasteiger partial charge in [-0.1, -0.05) is 24.6 Å². The van der Waals surface area contributed by atoms with Crippen LogP contribution in [-0.4, -0.2) is 59.6 Å². The first-order valence-electron chi connectivity index (χ1n) is 10.8. The number of aromatic nitrogens is 1. The van der Waals surface area contributed by atoms with Crippen LogP contribution in [0, 0.1) is 11.3 Å². The Labute approximate surface area is 186 Å². The van der Waals surface area contributed by atoms with Crippen LogP contribution in [0.4, 0.5) is 4.79 Å². The molecule has 2 amide bonds. The van der Waals surface area contributed by atoms with Crippen molar-refractivity contribution in [2.75, 3.05) is 32.8 Å². The van der Waals surface area contributed by atoms with E-state index < -0.39 is 0 Å². The quantitative estimate of drug-likeness (QED) is 0.715. The van der Waals surface area contributed by atoms with Crippen molar-refractivity contribution < 1.29 is 14.3 Å². The van der Waals surface area contributed by atoms with Crippen LogP contribution in [-0.2, 0) is 11.2 Å². The Hall–Kier alpha value is -2.85. The Morgan fingerprint density at radius 2 is 2.00 bits per heavy atom. The number of nitriles is 1. The zero-order valence-corrected chi connectivity index (χ0v) is 18.3. The number of carbonyl (C=O) groups is 2. The van der Waals surface area contributed by atoms with Crippen LogP contribution in [0.2, 0.25) is 5.02 Å². The summed E-state index contributed by atoms with van der Waals surface area (Å²) in [4.78, 5) is 33.2. The highest BCUT2D eigenvalue weighted by Gasteiger charge is 2.28. The van der Waals surface area contributed by atoms with E-state index in [0.29, 0.717) is 48.9 Å². The molecule has 1 fully saturated rings. The lowest BCUT2D eigenvalue weighted by molar-refractivity contribution is 0.0560. The van der Waals surface area contributed by atoms with Crippen LogP contribution in [0.3, 0.4) is 0 Å². The number of carbonyl (C=O) groups excluding carboxylic acids is 2. The number of ether oxygens (including phenoxy) is 1. The average Bonchev–Trinajstić information content (AvgIpc) is 2.81. The second-order valence-corrected chi connectivity index (χ2v) is 8.36. The summed E-state index contributed by atoms with van der Waals surface area (Å²) in [7, 11) is 0. The number of hydrogen-bond donors (Lipinski definition) is 0. The molecule has 1 aromatic carbocycles. The van der Waals surface area contributed by atoms with E-state index in [-0.39, 0.29) is 17.9 Å². The van der Waals surface area contributed by atoms with Gasteiger partial charge in [0.25, 0.3) is 5.91 Å². The lowest BCUT2D eigenvalue weighted by Crippen LogP contribution is -2.50. The zero-order valence-electron chi connectivity index (χ0n) is 17.6. The van der Waals surface area contributed by atoms with Crippen molar-refractivity contribution in [3.8, 4) is 6.07 Å². The Bertz CT molecular complexity index is 1060. The standard InChI is InChI=1S/C23H25ClN4O3/c1-2-12-31-23(30)28-10-8-27(9-11-28)22(29)15-6-7-17-19(13-15)26-18-5-3-4-16(14-25)20(18)21(17)24/h6-7,13,16H,2-5,8-12H2,1H3. The minimum absolute atomic E-state index is 0.0889. The zero-order chi connectivity index (χ0) is 22.0. The molecule has 1 atom stereocenters. The normalized spacial score (nSPS) is 18.4. The molecule has 0 N–H and O–H groups in total. The summed E-state index contributed by atoms with van der Waals surface area (Å²) in [5.41, 5.74) is 2.92. The molecule has 0 saturated carbocycles. The first-order chi connectivity index (χ1) is 15.0. The Balaban J connectivity index is 1.52. The van der Waals surface area contributed by atoms with Gasteiger partial charge < -0.3 is 14.5 Å². The molecule has 1 aliphatic heterocycles. The third-order valence-corrected chi connectivity index (χ3v) is 6.36. The number of hydrogen-bond acceptors (Lipinski definition) is 5. The highest BCUT2D eigenvalue weighted by molar-refractivity contribution is 6.36. The summed E-state index contributed by atoms with van der Waals surface area (Å²) < 4.78 is 5.17. The van der Waals surface area contributed by atoms with Crippen LogP contribution in [0.25, 0.3) is 10.9 Å². The smallest absolute Gasteiger partial charge is 0.409 e. The van der Waals surface area contributed by atoms with E-state index in [0.717, 1.165) is 42.3 Å². The molecule has 31 heavy (non-hydrogen) atoms. The Morgan fingerprint density at radius 3 is 2.71 bits per heavy atom. The van der Waals surface area contributed by atoms with Gasteiger partial charge >= 0.3 is 6.09 Å². The first kappa shape index (κ1) is 21.4. The van der Waals surface area contributed by atoms with Gasteiger partial charge in [0.2, 0.25) is 0 Å². The van der Waals surface area contributed by atoms with Crippen LogP contribution in [0.1, 0.15) is 53.7 Å². The number of nitrogens with zero attached hydrogens (tertiary/aromatic N) is 4. The van der Waals surface area contributed by atoms with E-state index in [1.165, 1.54) is 0 Å². The molecular formula is C23H25ClN4O3. The van der Waals surface area contributed by atoms with Gasteiger partial charge in [-0.2, -0.15) is 5.26 Å². The van der Waals surface area contributed by atoms with Gasteiger partial charge in [0.1, 0.15) is 0 Å². The van der Waals surface area contributed by atoms with Gasteiger partial charge in [0.05, 0.1) is 29.1 Å². The van der Waals surface area contributed by atoms with Gasteiger partial charge in [0, 0.05) is 48.4 Å². The van der Waals surface area contributed by atoms with Crippen LogP contribution >= 0.6 is 11.6 Å². The topological polar surface area (TPSA) is 86.5 Å². The summed E-state index contributed by atoms with van der Waals surface area (Å²) >= 11 is 6.66. The number of aryl methyl sites for hydroxylation is 1. The van der Waals surface area contributed by atoms with E-state index in [4.69, 9.17) is 21.3 Å². The molecule has 4 rings (SSSR count). The predicted molar refractivity (Wildman–Crippen MR) is 117 cm³/mol. The molecule has 8 heteroatoms. The van der Waals surface area contributed by atoms with Gasteiger partial charge in [-0.25, -0.2) is 4.79 Å². The summed E-state index contributed by atoms with van der Waals surface area (Å²) in [6, 6.07) is 7.70. The first-order valence-corrected chi connectivity index (χ1v) is 11.1. The van der Waals surface area contributed by atoms with Crippen LogP contribution < -0.4 is 0 Å². The van der Waals surface area contributed by atoms with Crippen molar-refractivity contribution in [1.82, 2.24) is 14.8 Å². The van der Waals surface area contributed by atoms with E-state index >= 15 is 0 Å². The third-order valence-electron chi connectivity index (χ3n) is 5.95. The highest BCUT2D eigenvalue weighted by atomic mass is 35.5. The minimum Gasteiger partial charge on any atom is -0.449 e. The molecule has 2 aromatic rings. The minimum atomic E-state index is -0.320. The average molecular weight is 441 g/mol. The van der Waals surface area contributed by atoms with Crippen molar-refractivity contribution in [1.29, 1.82) is 5.26 Å². The van der Waals surface area contributed by atoms with E-state index in [2.05, 4.69) is 6.07 Å². The molecule has 0 radical (unpaired) electrons. The largest absolute Gasteiger partial charge is 0.449 e. The van der Waals surface area contributed by atoms with Gasteiger partial charge in [0.15, 0.2) is 0 Å². The molecule has 1 aromatic heterocycles. The van der Waals surface area contributed by atoms with Gasteiger partial charge in [-0.15, -0.1) is 0 Å². The van der Waals surface area contributed by atoms with Crippen molar-refractivity contribution >= 4 is 34.5 Å². The van der Waals surface area contributed by atoms with Crippen molar-refractivity contribution in [3.05, 3.63) is 40.0 Å².